The fraction of sp³-hybridized carbons (Fsp3) is 0.483. The van der Waals surface area contributed by atoms with Gasteiger partial charge >= 0.3 is 0 Å². The Balaban J connectivity index is 1.39. The molecule has 0 radical (unpaired) electrons. The van der Waals surface area contributed by atoms with E-state index < -0.39 is 5.41 Å². The van der Waals surface area contributed by atoms with Crippen LogP contribution >= 0.6 is 0 Å². The van der Waals surface area contributed by atoms with E-state index in [1.165, 1.54) is 0 Å². The molecular formula is C29H34N6O3. The summed E-state index contributed by atoms with van der Waals surface area (Å²) in [6.45, 7) is 5.06. The molecule has 6 rings (SSSR count). The van der Waals surface area contributed by atoms with Gasteiger partial charge in [-0.2, -0.15) is 4.98 Å². The average molecular weight is 515 g/mol. The molecule has 0 amide bonds. The monoisotopic (exact) mass is 514 g/mol. The number of likely N-dealkylation sites (N-methyl/N-ethyl adjacent to an activating group) is 1. The number of anilines is 2. The van der Waals surface area contributed by atoms with Crippen LogP contribution in [0.15, 0.2) is 47.6 Å². The second-order valence-electron chi connectivity index (χ2n) is 10.7. The van der Waals surface area contributed by atoms with Gasteiger partial charge in [-0.3, -0.25) is 9.69 Å². The Kier molecular flexibility index (Phi) is 6.69. The van der Waals surface area contributed by atoms with Crippen molar-refractivity contribution in [1.29, 1.82) is 0 Å². The van der Waals surface area contributed by atoms with Crippen molar-refractivity contribution in [3.63, 3.8) is 0 Å². The number of rotatable bonds is 7. The van der Waals surface area contributed by atoms with Crippen LogP contribution in [0.1, 0.15) is 62.6 Å². The third-order valence-corrected chi connectivity index (χ3v) is 8.33. The molecule has 3 atom stereocenters. The lowest BCUT2D eigenvalue weighted by Gasteiger charge is -2.37. The summed E-state index contributed by atoms with van der Waals surface area (Å²) >= 11 is 0. The summed E-state index contributed by atoms with van der Waals surface area (Å²) in [6, 6.07) is 7.65. The first-order valence-corrected chi connectivity index (χ1v) is 13.7. The maximum Gasteiger partial charge on any atom is 0.219 e. The van der Waals surface area contributed by atoms with Crippen LogP contribution in [-0.4, -0.2) is 56.5 Å². The number of nitrogens with zero attached hydrogens (tertiary/aromatic N) is 5. The minimum Gasteiger partial charge on any atom is -0.468 e. The van der Waals surface area contributed by atoms with Gasteiger partial charge in [0.2, 0.25) is 17.5 Å². The fourth-order valence-corrected chi connectivity index (χ4v) is 6.38. The van der Waals surface area contributed by atoms with Gasteiger partial charge in [0.05, 0.1) is 11.5 Å². The number of carbonyl (C=O) groups is 1. The number of hydrogen-bond donors (Lipinski definition) is 1. The van der Waals surface area contributed by atoms with Gasteiger partial charge in [0.25, 0.3) is 0 Å². The lowest BCUT2D eigenvalue weighted by Crippen LogP contribution is -2.41. The molecule has 1 saturated carbocycles. The van der Waals surface area contributed by atoms with E-state index in [0.29, 0.717) is 35.5 Å². The van der Waals surface area contributed by atoms with Crippen LogP contribution in [0, 0.1) is 0 Å². The van der Waals surface area contributed by atoms with Crippen LogP contribution in [0.3, 0.4) is 0 Å². The Morgan fingerprint density at radius 3 is 2.84 bits per heavy atom. The molecule has 1 N–H and O–H groups in total. The van der Waals surface area contributed by atoms with Gasteiger partial charge in [-0.25, -0.2) is 9.97 Å². The molecule has 3 aromatic heterocycles. The third-order valence-electron chi connectivity index (χ3n) is 8.33. The number of carbonyl (C=O) groups excluding carboxylic acids is 1. The highest BCUT2D eigenvalue weighted by molar-refractivity contribution is 5.91. The van der Waals surface area contributed by atoms with Crippen molar-refractivity contribution in [2.45, 2.75) is 75.3 Å². The van der Waals surface area contributed by atoms with Crippen LogP contribution in [0.4, 0.5) is 11.6 Å². The molecule has 9 nitrogen and oxygen atoms in total. The molecule has 38 heavy (non-hydrogen) atoms. The Hall–Kier alpha value is -3.59. The van der Waals surface area contributed by atoms with Gasteiger partial charge in [-0.05, 0) is 76.7 Å². The normalized spacial score (nSPS) is 24.2. The highest BCUT2D eigenvalue weighted by Crippen LogP contribution is 2.47. The van der Waals surface area contributed by atoms with Gasteiger partial charge in [0.1, 0.15) is 29.2 Å². The van der Waals surface area contributed by atoms with Gasteiger partial charge in [0, 0.05) is 24.2 Å². The van der Waals surface area contributed by atoms with Crippen molar-refractivity contribution in [1.82, 2.24) is 25.0 Å². The van der Waals surface area contributed by atoms with Crippen LogP contribution in [-0.2, 0) is 16.6 Å². The molecule has 1 saturated heterocycles. The number of nitrogens with one attached hydrogen (secondary N) is 1. The number of pyridine rings is 1. The van der Waals surface area contributed by atoms with Gasteiger partial charge < -0.3 is 14.6 Å². The molecular weight excluding hydrogens is 480 g/mol. The second kappa shape index (κ2) is 10.3. The zero-order valence-electron chi connectivity index (χ0n) is 21.9. The molecule has 0 bridgehead atoms. The number of fused-ring (bicyclic) bond motifs is 2. The van der Waals surface area contributed by atoms with Crippen LogP contribution in [0.25, 0.3) is 11.6 Å². The summed E-state index contributed by atoms with van der Waals surface area (Å²) in [5.41, 5.74) is 1.20. The number of likely N-dealkylation sites (tertiary alicyclic amines) is 1. The molecule has 2 fully saturated rings. The van der Waals surface area contributed by atoms with Crippen molar-refractivity contribution in [2.75, 3.05) is 18.9 Å². The number of ketones is 1. The minimum atomic E-state index is -0.530. The molecule has 9 heteroatoms. The predicted molar refractivity (Wildman–Crippen MR) is 143 cm³/mol. The Morgan fingerprint density at radius 2 is 2.08 bits per heavy atom. The van der Waals surface area contributed by atoms with Crippen molar-refractivity contribution in [2.24, 2.45) is 0 Å². The van der Waals surface area contributed by atoms with E-state index in [-0.39, 0.29) is 17.9 Å². The zero-order chi connectivity index (χ0) is 26.1. The van der Waals surface area contributed by atoms with Gasteiger partial charge in [-0.1, -0.05) is 24.2 Å². The average Bonchev–Trinajstić information content (AvgIpc) is 3.57. The quantitative estimate of drug-likeness (QED) is 0.435. The highest BCUT2D eigenvalue weighted by Gasteiger charge is 2.48. The van der Waals surface area contributed by atoms with Crippen LogP contribution in [0.2, 0.25) is 0 Å². The summed E-state index contributed by atoms with van der Waals surface area (Å²) in [6.07, 6.45) is 11.4. The largest absolute Gasteiger partial charge is 0.468 e. The highest BCUT2D eigenvalue weighted by atomic mass is 16.5. The Labute approximate surface area is 222 Å². The summed E-state index contributed by atoms with van der Waals surface area (Å²) in [5, 5.41) is 7.75. The van der Waals surface area contributed by atoms with Crippen molar-refractivity contribution in [3.8, 4) is 17.5 Å². The summed E-state index contributed by atoms with van der Waals surface area (Å²) in [4.78, 5) is 29.4. The zero-order valence-corrected chi connectivity index (χ0v) is 21.9. The first-order valence-electron chi connectivity index (χ1n) is 13.7. The predicted octanol–water partition coefficient (Wildman–Crippen LogP) is 5.02. The fourth-order valence-electron chi connectivity index (χ4n) is 6.38. The molecule has 1 aliphatic heterocycles. The number of aromatic nitrogens is 4. The van der Waals surface area contributed by atoms with Crippen molar-refractivity contribution in [3.05, 3.63) is 54.4 Å². The van der Waals surface area contributed by atoms with E-state index in [1.54, 1.807) is 12.3 Å². The number of hydrogen-bond acceptors (Lipinski definition) is 9. The first-order chi connectivity index (χ1) is 18.6. The molecule has 1 spiro atoms. The summed E-state index contributed by atoms with van der Waals surface area (Å²) < 4.78 is 12.4. The topological polar surface area (TPSA) is 106 Å². The van der Waals surface area contributed by atoms with Crippen molar-refractivity contribution >= 4 is 17.4 Å². The van der Waals surface area contributed by atoms with E-state index in [1.807, 2.05) is 24.3 Å². The number of Topliss-reactive ketones (excluding diaryl/α,β-unsaturated/α-hetero) is 1. The van der Waals surface area contributed by atoms with Crippen LogP contribution < -0.4 is 10.1 Å². The van der Waals surface area contributed by atoms with E-state index >= 15 is 0 Å². The smallest absolute Gasteiger partial charge is 0.219 e. The SMILES string of the molecule is C=C[C@H](Oc1cc(Nc2ccccn2)nc(-c2onc3c2CCC[C@@]32CCCCC2=O)n1)[C@@H]1CCCN1C. The maximum atomic E-state index is 13.1. The van der Waals surface area contributed by atoms with Gasteiger partial charge in [0.15, 0.2) is 0 Å². The lowest BCUT2D eigenvalue weighted by atomic mass is 9.64. The van der Waals surface area contributed by atoms with E-state index in [0.717, 1.165) is 69.2 Å². The molecule has 198 valence electrons. The molecule has 3 aromatic rings. The van der Waals surface area contributed by atoms with Crippen LogP contribution in [0.5, 0.6) is 5.88 Å². The minimum absolute atomic E-state index is 0.222. The molecule has 4 heterocycles. The first kappa shape index (κ1) is 24.7. The third kappa shape index (κ3) is 4.49. The lowest BCUT2D eigenvalue weighted by molar-refractivity contribution is -0.127. The Bertz CT molecular complexity index is 1330. The second-order valence-corrected chi connectivity index (χ2v) is 10.7. The molecule has 0 unspecified atom stereocenters. The van der Waals surface area contributed by atoms with Crippen molar-refractivity contribution < 1.29 is 14.1 Å². The number of ether oxygens (including phenoxy) is 1. The van der Waals surface area contributed by atoms with E-state index in [9.17, 15) is 4.79 Å². The maximum absolute atomic E-state index is 13.1. The Morgan fingerprint density at radius 1 is 1.18 bits per heavy atom. The summed E-state index contributed by atoms with van der Waals surface area (Å²) in [5.74, 6) is 2.80. The molecule has 3 aliphatic rings. The van der Waals surface area contributed by atoms with E-state index in [4.69, 9.17) is 19.2 Å². The standard InChI is InChI=1S/C29H34N6O3/c1-3-21(20-11-9-17-35(20)2)37-25-18-24(31-23-13-5-7-16-30-23)32-28(33-25)26-19-10-8-15-29(27(19)34-38-26)14-6-4-12-22(29)36/h3,5,7,13,16,18,20-21H,1,4,6,8-12,14-15,17H2,2H3,(H,30,31,32,33)/t20-,21-,29+/m0/s1. The molecule has 2 aliphatic carbocycles. The van der Waals surface area contributed by atoms with E-state index in [2.05, 4.69) is 34.0 Å². The molecule has 0 aromatic carbocycles. The van der Waals surface area contributed by atoms with Gasteiger partial charge in [-0.15, -0.1) is 0 Å². The summed E-state index contributed by atoms with van der Waals surface area (Å²) in [7, 11) is 2.11.